The van der Waals surface area contributed by atoms with Crippen LogP contribution in [0, 0.1) is 0 Å². The van der Waals surface area contributed by atoms with Gasteiger partial charge in [-0.25, -0.2) is 4.99 Å². The van der Waals surface area contributed by atoms with Gasteiger partial charge in [0.25, 0.3) is 0 Å². The van der Waals surface area contributed by atoms with Crippen LogP contribution in [0.5, 0.6) is 0 Å². The van der Waals surface area contributed by atoms with Crippen LogP contribution in [-0.4, -0.2) is 17.8 Å². The molecule has 0 saturated carbocycles. The second kappa shape index (κ2) is 5.72. The van der Waals surface area contributed by atoms with Crippen LogP contribution in [0.15, 0.2) is 53.5 Å². The Morgan fingerprint density at radius 3 is 2.57 bits per heavy atom. The molecule has 2 aromatic carbocycles. The van der Waals surface area contributed by atoms with Crippen molar-refractivity contribution in [1.29, 1.82) is 0 Å². The number of rotatable bonds is 1. The average molecular weight is 318 g/mol. The molecule has 120 valence electrons. The Hall–Kier alpha value is -2.30. The minimum atomic E-state index is -4.33. The third kappa shape index (κ3) is 3.09. The highest BCUT2D eigenvalue weighted by molar-refractivity contribution is 5.84. The van der Waals surface area contributed by atoms with Crippen LogP contribution >= 0.6 is 0 Å². The smallest absolute Gasteiger partial charge is 0.356 e. The molecular formula is C18H17F3N2. The van der Waals surface area contributed by atoms with E-state index in [0.717, 1.165) is 23.2 Å². The van der Waals surface area contributed by atoms with Gasteiger partial charge in [-0.2, -0.15) is 13.2 Å². The zero-order chi connectivity index (χ0) is 16.6. The lowest BCUT2D eigenvalue weighted by Gasteiger charge is -2.29. The fraction of sp³-hybridized carbons (Fsp3) is 0.278. The van der Waals surface area contributed by atoms with Crippen molar-refractivity contribution in [2.24, 2.45) is 4.99 Å². The molecule has 1 aliphatic rings. The van der Waals surface area contributed by atoms with E-state index in [1.54, 1.807) is 6.07 Å². The quantitative estimate of drug-likeness (QED) is 0.723. The maximum Gasteiger partial charge on any atom is 0.416 e. The van der Waals surface area contributed by atoms with Gasteiger partial charge in [0.15, 0.2) is 0 Å². The van der Waals surface area contributed by atoms with E-state index in [1.807, 2.05) is 43.1 Å². The van der Waals surface area contributed by atoms with Crippen molar-refractivity contribution in [3.63, 3.8) is 0 Å². The van der Waals surface area contributed by atoms with Crippen LogP contribution < -0.4 is 0 Å². The first-order chi connectivity index (χ1) is 10.9. The SMILES string of the molecule is CC1=Nc2ccccc2CC(c2cccc(C(F)(F)F)c2)N1C. The first-order valence-corrected chi connectivity index (χ1v) is 7.39. The van der Waals surface area contributed by atoms with E-state index < -0.39 is 11.7 Å². The fourth-order valence-corrected chi connectivity index (χ4v) is 2.88. The van der Waals surface area contributed by atoms with Crippen LogP contribution in [0.3, 0.4) is 0 Å². The molecule has 0 aliphatic carbocycles. The normalized spacial score (nSPS) is 18.2. The van der Waals surface area contributed by atoms with E-state index in [4.69, 9.17) is 0 Å². The molecule has 5 heteroatoms. The van der Waals surface area contributed by atoms with E-state index in [-0.39, 0.29) is 6.04 Å². The topological polar surface area (TPSA) is 15.6 Å². The van der Waals surface area contributed by atoms with Crippen LogP contribution in [0.2, 0.25) is 0 Å². The predicted molar refractivity (Wildman–Crippen MR) is 84.9 cm³/mol. The Bertz CT molecular complexity index is 750. The number of aliphatic imine (C=N–C) groups is 1. The largest absolute Gasteiger partial charge is 0.416 e. The average Bonchev–Trinajstić information content (AvgIpc) is 2.64. The Balaban J connectivity index is 2.05. The highest BCUT2D eigenvalue weighted by atomic mass is 19.4. The third-order valence-electron chi connectivity index (χ3n) is 4.26. The Kier molecular flexibility index (Phi) is 3.88. The summed E-state index contributed by atoms with van der Waals surface area (Å²) in [6, 6.07) is 13.1. The maximum absolute atomic E-state index is 13.0. The van der Waals surface area contributed by atoms with Crippen LogP contribution in [0.25, 0.3) is 0 Å². The number of para-hydroxylation sites is 1. The van der Waals surface area contributed by atoms with E-state index in [1.165, 1.54) is 12.1 Å². The molecule has 1 aliphatic heterocycles. The van der Waals surface area contributed by atoms with Crippen LogP contribution in [-0.2, 0) is 12.6 Å². The molecule has 0 radical (unpaired) electrons. The minimum absolute atomic E-state index is 0.176. The zero-order valence-corrected chi connectivity index (χ0v) is 12.9. The van der Waals surface area contributed by atoms with E-state index in [2.05, 4.69) is 4.99 Å². The number of hydrogen-bond acceptors (Lipinski definition) is 2. The number of likely N-dealkylation sites (N-methyl/N-ethyl adjacent to an activating group) is 1. The molecule has 2 nitrogen and oxygen atoms in total. The van der Waals surface area contributed by atoms with Gasteiger partial charge in [-0.1, -0.05) is 30.3 Å². The highest BCUT2D eigenvalue weighted by Crippen LogP contribution is 2.35. The molecule has 1 heterocycles. The summed E-state index contributed by atoms with van der Waals surface area (Å²) >= 11 is 0. The van der Waals surface area contributed by atoms with Crippen molar-refractivity contribution < 1.29 is 13.2 Å². The molecule has 1 unspecified atom stereocenters. The second-order valence-corrected chi connectivity index (χ2v) is 5.74. The molecule has 23 heavy (non-hydrogen) atoms. The first kappa shape index (κ1) is 15.6. The second-order valence-electron chi connectivity index (χ2n) is 5.74. The lowest BCUT2D eigenvalue weighted by molar-refractivity contribution is -0.137. The number of fused-ring (bicyclic) bond motifs is 1. The van der Waals surface area contributed by atoms with Crippen molar-refractivity contribution in [2.45, 2.75) is 25.6 Å². The molecule has 0 spiro atoms. The lowest BCUT2D eigenvalue weighted by Crippen LogP contribution is -2.29. The summed E-state index contributed by atoms with van der Waals surface area (Å²) < 4.78 is 39.0. The van der Waals surface area contributed by atoms with Gasteiger partial charge in [-0.3, -0.25) is 0 Å². The molecule has 0 bridgehead atoms. The highest BCUT2D eigenvalue weighted by Gasteiger charge is 2.32. The van der Waals surface area contributed by atoms with Crippen molar-refractivity contribution in [3.05, 3.63) is 65.2 Å². The number of halogens is 3. The molecule has 2 aromatic rings. The fourth-order valence-electron chi connectivity index (χ4n) is 2.88. The molecular weight excluding hydrogens is 301 g/mol. The number of benzene rings is 2. The molecule has 0 aromatic heterocycles. The van der Waals surface area contributed by atoms with Gasteiger partial charge in [0.2, 0.25) is 0 Å². The lowest BCUT2D eigenvalue weighted by atomic mass is 9.96. The summed E-state index contributed by atoms with van der Waals surface area (Å²) in [6.07, 6.45) is -3.71. The number of amidine groups is 1. The summed E-state index contributed by atoms with van der Waals surface area (Å²) in [6.45, 7) is 1.88. The van der Waals surface area contributed by atoms with Gasteiger partial charge in [-0.15, -0.1) is 0 Å². The van der Waals surface area contributed by atoms with Crippen molar-refractivity contribution in [3.8, 4) is 0 Å². The van der Waals surface area contributed by atoms with Gasteiger partial charge in [-0.05, 0) is 42.7 Å². The first-order valence-electron chi connectivity index (χ1n) is 7.39. The number of alkyl halides is 3. The Labute approximate surface area is 133 Å². The number of hydrogen-bond donors (Lipinski definition) is 0. The molecule has 0 N–H and O–H groups in total. The van der Waals surface area contributed by atoms with Crippen molar-refractivity contribution in [1.82, 2.24) is 4.90 Å². The summed E-state index contributed by atoms with van der Waals surface area (Å²) in [5, 5.41) is 0. The molecule has 0 amide bonds. The summed E-state index contributed by atoms with van der Waals surface area (Å²) in [7, 11) is 1.87. The summed E-state index contributed by atoms with van der Waals surface area (Å²) in [4.78, 5) is 6.53. The van der Waals surface area contributed by atoms with Crippen molar-refractivity contribution in [2.75, 3.05) is 7.05 Å². The van der Waals surface area contributed by atoms with E-state index in [0.29, 0.717) is 12.0 Å². The predicted octanol–water partition coefficient (Wildman–Crippen LogP) is 4.98. The van der Waals surface area contributed by atoms with Crippen molar-refractivity contribution >= 4 is 11.5 Å². The Morgan fingerprint density at radius 1 is 1.09 bits per heavy atom. The van der Waals surface area contributed by atoms with Gasteiger partial charge in [0.1, 0.15) is 5.84 Å². The van der Waals surface area contributed by atoms with E-state index in [9.17, 15) is 13.2 Å². The van der Waals surface area contributed by atoms with Crippen LogP contribution in [0.4, 0.5) is 18.9 Å². The van der Waals surface area contributed by atoms with E-state index >= 15 is 0 Å². The number of nitrogens with zero attached hydrogens (tertiary/aromatic N) is 2. The molecule has 0 fully saturated rings. The monoisotopic (exact) mass is 318 g/mol. The van der Waals surface area contributed by atoms with Crippen LogP contribution in [0.1, 0.15) is 29.7 Å². The molecule has 0 saturated heterocycles. The molecule has 1 atom stereocenters. The van der Waals surface area contributed by atoms with Gasteiger partial charge in [0, 0.05) is 7.05 Å². The standard InChI is InChI=1S/C18H17F3N2/c1-12-22-16-9-4-3-6-13(16)11-17(23(12)2)14-7-5-8-15(10-14)18(19,20)21/h3-10,17H,11H2,1-2H3. The summed E-state index contributed by atoms with van der Waals surface area (Å²) in [5.41, 5.74) is 1.95. The molecule has 3 rings (SSSR count). The van der Waals surface area contributed by atoms with Gasteiger partial charge < -0.3 is 4.90 Å². The summed E-state index contributed by atoms with van der Waals surface area (Å²) in [5.74, 6) is 0.789. The minimum Gasteiger partial charge on any atom is -0.356 e. The van der Waals surface area contributed by atoms with Gasteiger partial charge >= 0.3 is 6.18 Å². The third-order valence-corrected chi connectivity index (χ3v) is 4.26. The van der Waals surface area contributed by atoms with Gasteiger partial charge in [0.05, 0.1) is 17.3 Å². The maximum atomic E-state index is 13.0. The Morgan fingerprint density at radius 2 is 1.83 bits per heavy atom. The zero-order valence-electron chi connectivity index (χ0n) is 12.9.